The van der Waals surface area contributed by atoms with Crippen LogP contribution in [0.15, 0.2) is 6.20 Å². The molecule has 2 N–H and O–H groups in total. The molecule has 0 bridgehead atoms. The van der Waals surface area contributed by atoms with Crippen molar-refractivity contribution in [3.63, 3.8) is 0 Å². The second kappa shape index (κ2) is 3.71. The standard InChI is InChI=1S/C6H9ClN4O2/c1-4(8)2-10-3-5(7)6(9-10)11(12)13/h3-4H,2,8H2,1H3. The summed E-state index contributed by atoms with van der Waals surface area (Å²) in [4.78, 5) is 9.71. The second-order valence-corrected chi connectivity index (χ2v) is 3.16. The van der Waals surface area contributed by atoms with Crippen LogP contribution in [0.25, 0.3) is 0 Å². The molecule has 6 nitrogen and oxygen atoms in total. The van der Waals surface area contributed by atoms with E-state index in [9.17, 15) is 10.1 Å². The average molecular weight is 205 g/mol. The highest BCUT2D eigenvalue weighted by molar-refractivity contribution is 6.32. The lowest BCUT2D eigenvalue weighted by Gasteiger charge is -1.99. The molecule has 0 saturated heterocycles. The van der Waals surface area contributed by atoms with E-state index in [1.165, 1.54) is 10.9 Å². The van der Waals surface area contributed by atoms with Gasteiger partial charge in [0.1, 0.15) is 0 Å². The average Bonchev–Trinajstić information content (AvgIpc) is 2.29. The monoisotopic (exact) mass is 204 g/mol. The Bertz CT molecular complexity index is 322. The largest absolute Gasteiger partial charge is 0.408 e. The molecule has 7 heteroatoms. The summed E-state index contributed by atoms with van der Waals surface area (Å²) in [7, 11) is 0. The minimum absolute atomic E-state index is 0.0330. The smallest absolute Gasteiger partial charge is 0.358 e. The Kier molecular flexibility index (Phi) is 2.84. The van der Waals surface area contributed by atoms with Gasteiger partial charge in [-0.2, -0.15) is 4.68 Å². The summed E-state index contributed by atoms with van der Waals surface area (Å²) in [6.07, 6.45) is 1.39. The minimum atomic E-state index is -0.625. The van der Waals surface area contributed by atoms with E-state index in [1.54, 1.807) is 6.92 Å². The van der Waals surface area contributed by atoms with E-state index in [0.29, 0.717) is 6.54 Å². The van der Waals surface area contributed by atoms with Gasteiger partial charge in [-0.25, -0.2) is 0 Å². The number of rotatable bonds is 3. The van der Waals surface area contributed by atoms with E-state index in [4.69, 9.17) is 17.3 Å². The lowest BCUT2D eigenvalue weighted by atomic mass is 10.4. The van der Waals surface area contributed by atoms with Gasteiger partial charge in [0.25, 0.3) is 0 Å². The fourth-order valence-corrected chi connectivity index (χ4v) is 1.12. The summed E-state index contributed by atoms with van der Waals surface area (Å²) in [5.74, 6) is -0.331. The van der Waals surface area contributed by atoms with Crippen LogP contribution in [0.4, 0.5) is 5.82 Å². The van der Waals surface area contributed by atoms with E-state index in [-0.39, 0.29) is 16.9 Å². The molecule has 1 rings (SSSR count). The third kappa shape index (κ3) is 2.40. The molecule has 0 aliphatic heterocycles. The molecule has 1 aromatic rings. The predicted octanol–water partition coefficient (Wildman–Crippen LogP) is 0.792. The lowest BCUT2D eigenvalue weighted by Crippen LogP contribution is -2.22. The molecule has 13 heavy (non-hydrogen) atoms. The van der Waals surface area contributed by atoms with Crippen molar-refractivity contribution < 1.29 is 4.92 Å². The molecule has 1 aromatic heterocycles. The topological polar surface area (TPSA) is 87.0 Å². The summed E-state index contributed by atoms with van der Waals surface area (Å²) in [6, 6.07) is -0.115. The first-order valence-corrected chi connectivity index (χ1v) is 4.01. The molecule has 0 spiro atoms. The van der Waals surface area contributed by atoms with E-state index in [0.717, 1.165) is 0 Å². The van der Waals surface area contributed by atoms with Crippen LogP contribution in [0, 0.1) is 10.1 Å². The van der Waals surface area contributed by atoms with Crippen LogP contribution in [0.3, 0.4) is 0 Å². The molecule has 1 heterocycles. The Morgan fingerprint density at radius 3 is 2.92 bits per heavy atom. The summed E-state index contributed by atoms with van der Waals surface area (Å²) in [5.41, 5.74) is 5.49. The molecule has 72 valence electrons. The molecule has 0 aromatic carbocycles. The Hall–Kier alpha value is -1.14. The first kappa shape index (κ1) is 9.94. The highest BCUT2D eigenvalue weighted by Gasteiger charge is 2.18. The van der Waals surface area contributed by atoms with Crippen LogP contribution in [0.5, 0.6) is 0 Å². The quantitative estimate of drug-likeness (QED) is 0.583. The van der Waals surface area contributed by atoms with Crippen LogP contribution in [0.2, 0.25) is 5.02 Å². The fraction of sp³-hybridized carbons (Fsp3) is 0.500. The van der Waals surface area contributed by atoms with Crippen molar-refractivity contribution in [2.24, 2.45) is 5.73 Å². The molecular formula is C6H9ClN4O2. The Labute approximate surface area is 79.4 Å². The van der Waals surface area contributed by atoms with Crippen molar-refractivity contribution in [2.75, 3.05) is 0 Å². The molecular weight excluding hydrogens is 196 g/mol. The van der Waals surface area contributed by atoms with E-state index < -0.39 is 4.92 Å². The summed E-state index contributed by atoms with van der Waals surface area (Å²) in [5, 5.41) is 14.0. The van der Waals surface area contributed by atoms with Gasteiger partial charge in [0.2, 0.25) is 0 Å². The zero-order valence-electron chi connectivity index (χ0n) is 6.98. The van der Waals surface area contributed by atoms with Crippen molar-refractivity contribution in [1.29, 1.82) is 0 Å². The van der Waals surface area contributed by atoms with Gasteiger partial charge in [-0.15, -0.1) is 0 Å². The number of hydrogen-bond donors (Lipinski definition) is 1. The molecule has 0 aliphatic rings. The van der Waals surface area contributed by atoms with Crippen molar-refractivity contribution in [1.82, 2.24) is 9.78 Å². The third-order valence-corrected chi connectivity index (χ3v) is 1.61. The van der Waals surface area contributed by atoms with Gasteiger partial charge < -0.3 is 15.8 Å². The molecule has 0 aliphatic carbocycles. The lowest BCUT2D eigenvalue weighted by molar-refractivity contribution is -0.389. The summed E-state index contributed by atoms with van der Waals surface area (Å²) in [6.45, 7) is 2.19. The van der Waals surface area contributed by atoms with E-state index in [1.807, 2.05) is 0 Å². The van der Waals surface area contributed by atoms with Crippen LogP contribution < -0.4 is 5.73 Å². The first-order valence-electron chi connectivity index (χ1n) is 3.63. The highest BCUT2D eigenvalue weighted by atomic mass is 35.5. The Morgan fingerprint density at radius 1 is 1.92 bits per heavy atom. The number of aromatic nitrogens is 2. The van der Waals surface area contributed by atoms with Crippen LogP contribution in [-0.4, -0.2) is 20.7 Å². The van der Waals surface area contributed by atoms with Gasteiger partial charge in [-0.05, 0) is 11.8 Å². The normalized spacial score (nSPS) is 12.8. The van der Waals surface area contributed by atoms with Crippen molar-refractivity contribution in [3.8, 4) is 0 Å². The highest BCUT2D eigenvalue weighted by Crippen LogP contribution is 2.21. The van der Waals surface area contributed by atoms with Gasteiger partial charge in [0, 0.05) is 6.04 Å². The zero-order valence-corrected chi connectivity index (χ0v) is 7.73. The number of nitrogens with zero attached hydrogens (tertiary/aromatic N) is 3. The molecule has 1 unspecified atom stereocenters. The Balaban J connectivity index is 2.89. The van der Waals surface area contributed by atoms with Gasteiger partial charge in [0.05, 0.1) is 17.8 Å². The summed E-state index contributed by atoms with van der Waals surface area (Å²) < 4.78 is 1.37. The van der Waals surface area contributed by atoms with Gasteiger partial charge in [0.15, 0.2) is 5.02 Å². The number of halogens is 1. The third-order valence-electron chi connectivity index (χ3n) is 1.35. The number of nitro groups is 1. The second-order valence-electron chi connectivity index (χ2n) is 2.76. The maximum atomic E-state index is 10.3. The Morgan fingerprint density at radius 2 is 2.54 bits per heavy atom. The van der Waals surface area contributed by atoms with Crippen LogP contribution in [0.1, 0.15) is 6.92 Å². The van der Waals surface area contributed by atoms with E-state index in [2.05, 4.69) is 5.10 Å². The maximum absolute atomic E-state index is 10.3. The van der Waals surface area contributed by atoms with Crippen molar-refractivity contribution in [3.05, 3.63) is 21.3 Å². The first-order chi connectivity index (χ1) is 6.00. The van der Waals surface area contributed by atoms with Gasteiger partial charge in [-0.3, -0.25) is 0 Å². The van der Waals surface area contributed by atoms with Crippen molar-refractivity contribution >= 4 is 17.4 Å². The van der Waals surface area contributed by atoms with Crippen LogP contribution >= 0.6 is 11.6 Å². The molecule has 0 amide bonds. The zero-order chi connectivity index (χ0) is 10.0. The molecule has 1 atom stereocenters. The van der Waals surface area contributed by atoms with Gasteiger partial charge >= 0.3 is 5.82 Å². The number of nitrogens with two attached hydrogens (primary N) is 1. The minimum Gasteiger partial charge on any atom is -0.358 e. The van der Waals surface area contributed by atoms with Crippen LogP contribution in [-0.2, 0) is 6.54 Å². The predicted molar refractivity (Wildman–Crippen MR) is 47.5 cm³/mol. The summed E-state index contributed by atoms with van der Waals surface area (Å²) >= 11 is 5.56. The fourth-order valence-electron chi connectivity index (χ4n) is 0.899. The van der Waals surface area contributed by atoms with Gasteiger partial charge in [-0.1, -0.05) is 11.6 Å². The molecule has 0 saturated carbocycles. The van der Waals surface area contributed by atoms with E-state index >= 15 is 0 Å². The molecule has 0 fully saturated rings. The maximum Gasteiger partial charge on any atom is 0.408 e. The number of hydrogen-bond acceptors (Lipinski definition) is 4. The SMILES string of the molecule is CC(N)Cn1cc(Cl)c([N+](=O)[O-])n1. The molecule has 0 radical (unpaired) electrons. The van der Waals surface area contributed by atoms with Crippen molar-refractivity contribution in [2.45, 2.75) is 19.5 Å².